The molecule has 3 N–H and O–H groups in total. The van der Waals surface area contributed by atoms with Crippen LogP contribution < -0.4 is 16.0 Å². The molecule has 0 saturated carbocycles. The summed E-state index contributed by atoms with van der Waals surface area (Å²) >= 11 is 0. The Morgan fingerprint density at radius 2 is 2.00 bits per heavy atom. The Hall–Kier alpha value is -2.78. The van der Waals surface area contributed by atoms with E-state index in [4.69, 9.17) is 4.74 Å². The molecule has 3 aliphatic rings. The third-order valence-corrected chi connectivity index (χ3v) is 5.58. The van der Waals surface area contributed by atoms with E-state index in [2.05, 4.69) is 22.9 Å². The fourth-order valence-corrected chi connectivity index (χ4v) is 3.91. The largest absolute Gasteiger partial charge is 0.384 e. The third-order valence-electron chi connectivity index (χ3n) is 5.58. The van der Waals surface area contributed by atoms with E-state index in [0.29, 0.717) is 19.8 Å². The first kappa shape index (κ1) is 19.5. The Balaban J connectivity index is 1.49. The van der Waals surface area contributed by atoms with Crippen LogP contribution in [-0.2, 0) is 14.3 Å². The number of imide groups is 2. The highest BCUT2D eigenvalue weighted by Crippen LogP contribution is 2.30. The fraction of sp³-hybridized carbons (Fsp3) is 0.500. The standard InChI is InChI=1S/C20H24N4O5/c1-20(9-21-6-7-29-11-20)10-22-12-2-3-13-14(8-12)19(28)24(18(13)27)15-4-5-16(25)23-17(15)26/h2-3,8,15,21-22H,4-7,9-11H2,1H3,(H,23,25,26). The Morgan fingerprint density at radius 3 is 2.79 bits per heavy atom. The number of benzene rings is 1. The highest BCUT2D eigenvalue weighted by Gasteiger charge is 2.44. The molecule has 3 heterocycles. The van der Waals surface area contributed by atoms with Crippen LogP contribution in [0, 0.1) is 5.41 Å². The molecule has 9 nitrogen and oxygen atoms in total. The van der Waals surface area contributed by atoms with Crippen molar-refractivity contribution in [3.8, 4) is 0 Å². The van der Waals surface area contributed by atoms with Gasteiger partial charge in [0.25, 0.3) is 11.8 Å². The van der Waals surface area contributed by atoms with Gasteiger partial charge in [0, 0.05) is 37.2 Å². The minimum absolute atomic E-state index is 0.102. The zero-order valence-corrected chi connectivity index (χ0v) is 16.2. The summed E-state index contributed by atoms with van der Waals surface area (Å²) in [4.78, 5) is 50.1. The van der Waals surface area contributed by atoms with Crippen LogP contribution in [0.4, 0.5) is 5.69 Å². The maximum atomic E-state index is 12.9. The van der Waals surface area contributed by atoms with Crippen LogP contribution in [0.25, 0.3) is 0 Å². The van der Waals surface area contributed by atoms with E-state index < -0.39 is 23.8 Å². The Labute approximate surface area is 168 Å². The molecule has 2 saturated heterocycles. The lowest BCUT2D eigenvalue weighted by molar-refractivity contribution is -0.136. The number of anilines is 1. The molecule has 0 spiro atoms. The van der Waals surface area contributed by atoms with E-state index >= 15 is 0 Å². The van der Waals surface area contributed by atoms with E-state index in [-0.39, 0.29) is 35.3 Å². The molecule has 1 aromatic rings. The molecule has 29 heavy (non-hydrogen) atoms. The van der Waals surface area contributed by atoms with Crippen LogP contribution in [0.5, 0.6) is 0 Å². The molecule has 1 aromatic carbocycles. The number of nitrogens with zero attached hydrogens (tertiary/aromatic N) is 1. The van der Waals surface area contributed by atoms with Gasteiger partial charge >= 0.3 is 0 Å². The van der Waals surface area contributed by atoms with Crippen LogP contribution in [0.15, 0.2) is 18.2 Å². The number of carbonyl (C=O) groups is 4. The third kappa shape index (κ3) is 3.75. The average Bonchev–Trinajstić information content (AvgIpc) is 2.84. The number of amides is 4. The quantitative estimate of drug-likeness (QED) is 0.615. The molecule has 0 aromatic heterocycles. The van der Waals surface area contributed by atoms with Crippen molar-refractivity contribution < 1.29 is 23.9 Å². The number of rotatable bonds is 4. The van der Waals surface area contributed by atoms with Crippen LogP contribution in [0.3, 0.4) is 0 Å². The second kappa shape index (κ2) is 7.57. The van der Waals surface area contributed by atoms with Crippen molar-refractivity contribution in [2.45, 2.75) is 25.8 Å². The second-order valence-corrected chi connectivity index (χ2v) is 8.10. The first-order valence-electron chi connectivity index (χ1n) is 9.76. The minimum Gasteiger partial charge on any atom is -0.384 e. The minimum atomic E-state index is -0.954. The lowest BCUT2D eigenvalue weighted by atomic mass is 9.91. The summed E-state index contributed by atoms with van der Waals surface area (Å²) in [5.41, 5.74) is 1.16. The van der Waals surface area contributed by atoms with E-state index in [1.54, 1.807) is 18.2 Å². The predicted molar refractivity (Wildman–Crippen MR) is 103 cm³/mol. The Bertz CT molecular complexity index is 876. The molecule has 2 fully saturated rings. The summed E-state index contributed by atoms with van der Waals surface area (Å²) in [6, 6.07) is 4.06. The van der Waals surface area contributed by atoms with Crippen molar-refractivity contribution in [2.75, 3.05) is 38.2 Å². The zero-order valence-electron chi connectivity index (χ0n) is 16.2. The number of hydrogen-bond acceptors (Lipinski definition) is 7. The molecule has 4 amide bonds. The van der Waals surface area contributed by atoms with Gasteiger partial charge in [-0.15, -0.1) is 0 Å². The molecule has 0 bridgehead atoms. The van der Waals surface area contributed by atoms with Gasteiger partial charge in [0.2, 0.25) is 11.8 Å². The second-order valence-electron chi connectivity index (χ2n) is 8.10. The topological polar surface area (TPSA) is 117 Å². The zero-order chi connectivity index (χ0) is 20.6. The van der Waals surface area contributed by atoms with Crippen LogP contribution >= 0.6 is 0 Å². The van der Waals surface area contributed by atoms with Gasteiger partial charge in [-0.2, -0.15) is 0 Å². The molecule has 0 radical (unpaired) electrons. The molecule has 9 heteroatoms. The van der Waals surface area contributed by atoms with Gasteiger partial charge in [0.1, 0.15) is 6.04 Å². The number of fused-ring (bicyclic) bond motifs is 1. The molecular formula is C20H24N4O5. The normalized spacial score (nSPS) is 27.5. The Morgan fingerprint density at radius 1 is 1.21 bits per heavy atom. The number of piperidine rings is 1. The maximum absolute atomic E-state index is 12.9. The monoisotopic (exact) mass is 400 g/mol. The first-order chi connectivity index (χ1) is 13.9. The van der Waals surface area contributed by atoms with Crippen molar-refractivity contribution in [3.05, 3.63) is 29.3 Å². The molecule has 154 valence electrons. The van der Waals surface area contributed by atoms with Crippen LogP contribution in [-0.4, -0.2) is 67.4 Å². The Kier molecular flexibility index (Phi) is 5.10. The van der Waals surface area contributed by atoms with Gasteiger partial charge in [-0.05, 0) is 24.6 Å². The molecule has 2 atom stereocenters. The van der Waals surface area contributed by atoms with Crippen molar-refractivity contribution in [1.82, 2.24) is 15.5 Å². The average molecular weight is 400 g/mol. The summed E-state index contributed by atoms with van der Waals surface area (Å²) in [5.74, 6) is -2.00. The van der Waals surface area contributed by atoms with E-state index in [1.807, 2.05) is 0 Å². The number of hydrogen-bond donors (Lipinski definition) is 3. The highest BCUT2D eigenvalue weighted by atomic mass is 16.5. The summed E-state index contributed by atoms with van der Waals surface area (Å²) in [6.45, 7) is 5.69. The lowest BCUT2D eigenvalue weighted by Crippen LogP contribution is -2.54. The van der Waals surface area contributed by atoms with Gasteiger partial charge in [-0.1, -0.05) is 6.92 Å². The van der Waals surface area contributed by atoms with Gasteiger partial charge in [0.15, 0.2) is 0 Å². The summed E-state index contributed by atoms with van der Waals surface area (Å²) in [5, 5.41) is 8.87. The lowest BCUT2D eigenvalue weighted by Gasteiger charge is -2.28. The maximum Gasteiger partial charge on any atom is 0.262 e. The van der Waals surface area contributed by atoms with Gasteiger partial charge in [-0.25, -0.2) is 0 Å². The van der Waals surface area contributed by atoms with Crippen molar-refractivity contribution in [2.24, 2.45) is 5.41 Å². The van der Waals surface area contributed by atoms with Gasteiger partial charge in [-0.3, -0.25) is 29.4 Å². The van der Waals surface area contributed by atoms with Gasteiger partial charge in [0.05, 0.1) is 24.3 Å². The predicted octanol–water partition coefficient (Wildman–Crippen LogP) is 0.126. The number of carbonyl (C=O) groups excluding carboxylic acids is 4. The van der Waals surface area contributed by atoms with Crippen molar-refractivity contribution in [1.29, 1.82) is 0 Å². The fourth-order valence-electron chi connectivity index (χ4n) is 3.91. The number of nitrogens with one attached hydrogen (secondary N) is 3. The van der Waals surface area contributed by atoms with Crippen molar-refractivity contribution in [3.63, 3.8) is 0 Å². The summed E-state index contributed by atoms with van der Waals surface area (Å²) in [7, 11) is 0. The van der Waals surface area contributed by atoms with Crippen molar-refractivity contribution >= 4 is 29.3 Å². The smallest absolute Gasteiger partial charge is 0.262 e. The van der Waals surface area contributed by atoms with E-state index in [0.717, 1.165) is 23.7 Å². The van der Waals surface area contributed by atoms with E-state index in [1.165, 1.54) is 0 Å². The SMILES string of the molecule is CC1(CNc2ccc3c(c2)C(=O)N(C2CCC(=O)NC2=O)C3=O)CNCCOC1. The molecule has 0 aliphatic carbocycles. The van der Waals surface area contributed by atoms with E-state index in [9.17, 15) is 19.2 Å². The van der Waals surface area contributed by atoms with Crippen LogP contribution in [0.1, 0.15) is 40.5 Å². The number of ether oxygens (including phenoxy) is 1. The molecule has 4 rings (SSSR count). The molecule has 3 aliphatic heterocycles. The summed E-state index contributed by atoms with van der Waals surface area (Å²) < 4.78 is 5.63. The highest BCUT2D eigenvalue weighted by molar-refractivity contribution is 6.23. The van der Waals surface area contributed by atoms with Gasteiger partial charge < -0.3 is 15.4 Å². The molecular weight excluding hydrogens is 376 g/mol. The first-order valence-corrected chi connectivity index (χ1v) is 9.76. The van der Waals surface area contributed by atoms with Crippen LogP contribution in [0.2, 0.25) is 0 Å². The summed E-state index contributed by atoms with van der Waals surface area (Å²) in [6.07, 6.45) is 0.248. The molecule has 2 unspecified atom stereocenters.